The van der Waals surface area contributed by atoms with Gasteiger partial charge in [-0.2, -0.15) is 8.78 Å². The van der Waals surface area contributed by atoms with Crippen LogP contribution in [0, 0.1) is 35.0 Å². The van der Waals surface area contributed by atoms with E-state index in [2.05, 4.69) is 25.6 Å². The summed E-state index contributed by atoms with van der Waals surface area (Å²) in [5.41, 5.74) is 7.25. The first-order chi connectivity index (χ1) is 21.6. The average molecular weight is 630 g/mol. The molecule has 0 spiro atoms. The monoisotopic (exact) mass is 629 g/mol. The fourth-order valence-corrected chi connectivity index (χ4v) is 5.46. The van der Waals surface area contributed by atoms with E-state index in [1.54, 1.807) is 11.0 Å². The van der Waals surface area contributed by atoms with Crippen LogP contribution in [0.5, 0.6) is 11.5 Å². The van der Waals surface area contributed by atoms with Crippen LogP contribution >= 0.6 is 0 Å². The summed E-state index contributed by atoms with van der Waals surface area (Å²) < 4.78 is 76.0. The molecule has 15 heteroatoms. The van der Waals surface area contributed by atoms with Crippen molar-refractivity contribution in [1.29, 1.82) is 0 Å². The van der Waals surface area contributed by atoms with Gasteiger partial charge in [0.1, 0.15) is 23.7 Å². The molecule has 1 saturated heterocycles. The number of aliphatic imine (C=N–C) groups is 1. The molecule has 10 nitrogen and oxygen atoms in total. The van der Waals surface area contributed by atoms with Crippen LogP contribution in [0.1, 0.15) is 35.6 Å². The Labute approximate surface area is 254 Å². The lowest BCUT2D eigenvalue weighted by atomic mass is 9.83. The summed E-state index contributed by atoms with van der Waals surface area (Å²) in [6.07, 6.45) is 5.36. The van der Waals surface area contributed by atoms with Crippen molar-refractivity contribution in [2.45, 2.75) is 18.8 Å². The van der Waals surface area contributed by atoms with Crippen molar-refractivity contribution < 1.29 is 36.3 Å². The zero-order chi connectivity index (χ0) is 32.2. The van der Waals surface area contributed by atoms with E-state index in [1.165, 1.54) is 31.6 Å². The van der Waals surface area contributed by atoms with Gasteiger partial charge in [0.15, 0.2) is 11.6 Å². The van der Waals surface area contributed by atoms with E-state index in [0.29, 0.717) is 37.2 Å². The molecule has 236 valence electrons. The number of fused-ring (bicyclic) bond motifs is 1. The Bertz CT molecular complexity index is 1670. The van der Waals surface area contributed by atoms with Crippen molar-refractivity contribution >= 4 is 23.5 Å². The maximum atomic E-state index is 15.5. The third kappa shape index (κ3) is 6.56. The van der Waals surface area contributed by atoms with Crippen molar-refractivity contribution in [1.82, 2.24) is 25.5 Å². The largest absolute Gasteiger partial charge is 0.451 e. The normalized spacial score (nSPS) is 17.9. The number of nitrogen functional groups attached to an aromatic ring is 1. The standard InChI is InChI=1S/C30H28F5N7O3/c1-37-22(43)3-2-8-39-30(44)42-10-7-15(13-42)17-6-9-38-27(23-26(17)40-14-41-29(23)36)18-5-4-16(11-19(18)31)45-28-24(34)20(32)12-21(33)25(28)35/h2-5,11-12,14-15,17H,6-10,13H2,1H3,(H,37,43)(H,39,44)(H2,36,40,41)/b3-2+/t15?,17-/m0/s1. The molecule has 2 atom stereocenters. The Morgan fingerprint density at radius 2 is 1.82 bits per heavy atom. The minimum Gasteiger partial charge on any atom is -0.451 e. The summed E-state index contributed by atoms with van der Waals surface area (Å²) in [5.74, 6) is -9.99. The fourth-order valence-electron chi connectivity index (χ4n) is 5.46. The van der Waals surface area contributed by atoms with E-state index in [1.807, 2.05) is 0 Å². The molecular formula is C30H28F5N7O3. The van der Waals surface area contributed by atoms with Gasteiger partial charge in [0, 0.05) is 62.9 Å². The van der Waals surface area contributed by atoms with Crippen LogP contribution in [0.3, 0.4) is 0 Å². The lowest BCUT2D eigenvalue weighted by Gasteiger charge is -2.24. The van der Waals surface area contributed by atoms with Gasteiger partial charge in [0.05, 0.1) is 17.0 Å². The number of carbonyl (C=O) groups excluding carboxylic acids is 2. The first-order valence-electron chi connectivity index (χ1n) is 14.0. The van der Waals surface area contributed by atoms with Gasteiger partial charge in [0.2, 0.25) is 23.3 Å². The first-order valence-corrected chi connectivity index (χ1v) is 14.0. The predicted octanol–water partition coefficient (Wildman–Crippen LogP) is 4.21. The van der Waals surface area contributed by atoms with Gasteiger partial charge < -0.3 is 26.0 Å². The van der Waals surface area contributed by atoms with Crippen molar-refractivity contribution in [3.63, 3.8) is 0 Å². The van der Waals surface area contributed by atoms with Gasteiger partial charge in [-0.05, 0) is 30.9 Å². The Morgan fingerprint density at radius 3 is 2.53 bits per heavy atom. The van der Waals surface area contributed by atoms with E-state index in [4.69, 9.17) is 10.5 Å². The molecule has 4 N–H and O–H groups in total. The molecule has 1 aromatic heterocycles. The summed E-state index contributed by atoms with van der Waals surface area (Å²) in [5, 5.41) is 5.21. The van der Waals surface area contributed by atoms with E-state index in [0.717, 1.165) is 6.07 Å². The van der Waals surface area contributed by atoms with Crippen LogP contribution < -0.4 is 21.1 Å². The molecule has 0 saturated carbocycles. The van der Waals surface area contributed by atoms with Crippen LogP contribution in [0.2, 0.25) is 0 Å². The number of nitrogens with one attached hydrogen (secondary N) is 2. The maximum Gasteiger partial charge on any atom is 0.317 e. The Hall–Kier alpha value is -5.08. The fraction of sp³-hybridized carbons (Fsp3) is 0.300. The van der Waals surface area contributed by atoms with Crippen LogP contribution in [0.4, 0.5) is 32.6 Å². The van der Waals surface area contributed by atoms with E-state index in [9.17, 15) is 27.2 Å². The van der Waals surface area contributed by atoms with Gasteiger partial charge >= 0.3 is 6.03 Å². The van der Waals surface area contributed by atoms with Crippen LogP contribution in [-0.4, -0.2) is 65.7 Å². The number of halogens is 5. The number of likely N-dealkylation sites (N-methyl/N-ethyl adjacent to an activating group) is 1. The van der Waals surface area contributed by atoms with Gasteiger partial charge in [-0.3, -0.25) is 9.79 Å². The molecule has 3 heterocycles. The number of hydrogen-bond acceptors (Lipinski definition) is 7. The number of amides is 3. The second kappa shape index (κ2) is 13.3. The number of ether oxygens (including phenoxy) is 1. The number of aromatic nitrogens is 2. The Balaban J connectivity index is 1.36. The van der Waals surface area contributed by atoms with Crippen LogP contribution in [0.15, 0.2) is 47.7 Å². The molecule has 0 bridgehead atoms. The van der Waals surface area contributed by atoms with Crippen LogP contribution in [-0.2, 0) is 4.79 Å². The maximum absolute atomic E-state index is 15.5. The first kappa shape index (κ1) is 31.3. The number of likely N-dealkylation sites (tertiary alicyclic amines) is 1. The number of hydrogen-bond donors (Lipinski definition) is 3. The average Bonchev–Trinajstić information content (AvgIpc) is 3.43. The summed E-state index contributed by atoms with van der Waals surface area (Å²) in [4.78, 5) is 38.9. The highest BCUT2D eigenvalue weighted by atomic mass is 19.2. The molecule has 45 heavy (non-hydrogen) atoms. The van der Waals surface area contributed by atoms with Crippen molar-refractivity contribution in [2.24, 2.45) is 10.9 Å². The SMILES string of the molecule is CNC(=O)/C=C/CNC(=O)N1CCC([C@@H]2CCN=C(c3ccc(Oc4c(F)c(F)cc(F)c4F)cc3F)c3c(N)ncnc32)C1. The molecule has 2 aromatic carbocycles. The second-order valence-electron chi connectivity index (χ2n) is 10.4. The number of carbonyl (C=O) groups is 2. The topological polar surface area (TPSA) is 135 Å². The molecule has 1 fully saturated rings. The molecule has 2 aliphatic rings. The summed E-state index contributed by atoms with van der Waals surface area (Å²) in [7, 11) is 1.50. The van der Waals surface area contributed by atoms with Crippen molar-refractivity contribution in [3.8, 4) is 11.5 Å². The van der Waals surface area contributed by atoms with E-state index in [-0.39, 0.29) is 60.0 Å². The smallest absolute Gasteiger partial charge is 0.317 e. The summed E-state index contributed by atoms with van der Waals surface area (Å²) >= 11 is 0. The third-order valence-electron chi connectivity index (χ3n) is 7.66. The quantitative estimate of drug-likeness (QED) is 0.204. The van der Waals surface area contributed by atoms with Crippen molar-refractivity contribution in [3.05, 3.63) is 88.7 Å². The highest BCUT2D eigenvalue weighted by molar-refractivity contribution is 6.16. The number of urea groups is 1. The number of anilines is 1. The third-order valence-corrected chi connectivity index (χ3v) is 7.66. The molecule has 5 rings (SSSR count). The molecule has 3 amide bonds. The molecule has 3 aromatic rings. The van der Waals surface area contributed by atoms with Gasteiger partial charge in [0.25, 0.3) is 0 Å². The molecular weight excluding hydrogens is 601 g/mol. The molecule has 0 aliphatic carbocycles. The zero-order valence-corrected chi connectivity index (χ0v) is 23.9. The number of benzene rings is 2. The van der Waals surface area contributed by atoms with Gasteiger partial charge in [-0.25, -0.2) is 27.9 Å². The lowest BCUT2D eigenvalue weighted by Crippen LogP contribution is -2.39. The summed E-state index contributed by atoms with van der Waals surface area (Å²) in [6, 6.07) is 2.97. The molecule has 2 aliphatic heterocycles. The van der Waals surface area contributed by atoms with E-state index < -0.39 is 40.6 Å². The Kier molecular flexibility index (Phi) is 9.25. The van der Waals surface area contributed by atoms with Crippen LogP contribution in [0.25, 0.3) is 0 Å². The van der Waals surface area contributed by atoms with Gasteiger partial charge in [-0.15, -0.1) is 0 Å². The minimum atomic E-state index is -1.77. The second-order valence-corrected chi connectivity index (χ2v) is 10.4. The molecule has 0 radical (unpaired) electrons. The number of nitrogens with two attached hydrogens (primary N) is 1. The highest BCUT2D eigenvalue weighted by Crippen LogP contribution is 2.39. The van der Waals surface area contributed by atoms with Gasteiger partial charge in [-0.1, -0.05) is 6.08 Å². The number of rotatable bonds is 7. The highest BCUT2D eigenvalue weighted by Gasteiger charge is 2.37. The van der Waals surface area contributed by atoms with Crippen molar-refractivity contribution in [2.75, 3.05) is 39.0 Å². The predicted molar refractivity (Wildman–Crippen MR) is 153 cm³/mol. The van der Waals surface area contributed by atoms with E-state index >= 15 is 4.39 Å². The lowest BCUT2D eigenvalue weighted by molar-refractivity contribution is -0.116. The summed E-state index contributed by atoms with van der Waals surface area (Å²) in [6.45, 7) is 1.35. The minimum absolute atomic E-state index is 0.0168. The zero-order valence-electron chi connectivity index (χ0n) is 23.9. The Morgan fingerprint density at radius 1 is 1.07 bits per heavy atom. The molecule has 1 unspecified atom stereocenters. The number of nitrogens with zero attached hydrogens (tertiary/aromatic N) is 4.